The largest absolute Gasteiger partial charge is 0.336 e. The van der Waals surface area contributed by atoms with Crippen molar-refractivity contribution in [2.75, 3.05) is 0 Å². The number of fused-ring (bicyclic) bond motifs is 1. The fourth-order valence-corrected chi connectivity index (χ4v) is 4.09. The lowest BCUT2D eigenvalue weighted by atomic mass is 10.1. The molecule has 0 radical (unpaired) electrons. The molecule has 0 aliphatic carbocycles. The van der Waals surface area contributed by atoms with Crippen molar-refractivity contribution in [3.8, 4) is 5.69 Å². The summed E-state index contributed by atoms with van der Waals surface area (Å²) in [6, 6.07) is 14.7. The van der Waals surface area contributed by atoms with Crippen LogP contribution in [-0.4, -0.2) is 9.13 Å². The lowest BCUT2D eigenvalue weighted by Gasteiger charge is -2.13. The predicted molar refractivity (Wildman–Crippen MR) is 112 cm³/mol. The number of thiophene rings is 1. The van der Waals surface area contributed by atoms with Gasteiger partial charge in [-0.15, -0.1) is 11.3 Å². The summed E-state index contributed by atoms with van der Waals surface area (Å²) in [6.45, 7) is 4.51. The van der Waals surface area contributed by atoms with E-state index in [2.05, 4.69) is 26.0 Å². The quantitative estimate of drug-likeness (QED) is 0.510. The van der Waals surface area contributed by atoms with Gasteiger partial charge >= 0.3 is 5.69 Å². The molecule has 0 spiro atoms. The second-order valence-corrected chi connectivity index (χ2v) is 7.89. The standard InChI is InChI=1S/C21H17ClN2O2S/c1-13-3-4-15(11-14(13)2)12-23-18-9-10-27-19(18)20(25)24(21(23)26)17-7-5-16(22)6-8-17/h3-11H,12H2,1-2H3. The molecule has 4 aromatic rings. The molecule has 0 amide bonds. The summed E-state index contributed by atoms with van der Waals surface area (Å²) in [5.74, 6) is 0. The van der Waals surface area contributed by atoms with Gasteiger partial charge in [0.25, 0.3) is 5.56 Å². The summed E-state index contributed by atoms with van der Waals surface area (Å²) in [5.41, 5.74) is 3.92. The van der Waals surface area contributed by atoms with Gasteiger partial charge in [0.1, 0.15) is 4.70 Å². The van der Waals surface area contributed by atoms with Gasteiger partial charge in [0.05, 0.1) is 17.7 Å². The highest BCUT2D eigenvalue weighted by atomic mass is 35.5. The normalized spacial score (nSPS) is 11.2. The molecular formula is C21H17ClN2O2S. The van der Waals surface area contributed by atoms with E-state index in [1.54, 1.807) is 28.8 Å². The minimum Gasteiger partial charge on any atom is -0.288 e. The van der Waals surface area contributed by atoms with Crippen LogP contribution in [0.25, 0.3) is 15.9 Å². The monoisotopic (exact) mass is 396 g/mol. The average molecular weight is 397 g/mol. The Hall–Kier alpha value is -2.63. The molecule has 4 rings (SSSR count). The van der Waals surface area contributed by atoms with E-state index in [1.807, 2.05) is 17.5 Å². The van der Waals surface area contributed by atoms with Crippen molar-refractivity contribution < 1.29 is 0 Å². The molecule has 0 saturated carbocycles. The smallest absolute Gasteiger partial charge is 0.288 e. The first kappa shape index (κ1) is 17.8. The number of halogens is 1. The minimum atomic E-state index is -0.355. The van der Waals surface area contributed by atoms with Crippen molar-refractivity contribution in [2.45, 2.75) is 20.4 Å². The van der Waals surface area contributed by atoms with Crippen molar-refractivity contribution in [3.05, 3.63) is 96.5 Å². The van der Waals surface area contributed by atoms with Gasteiger partial charge in [0, 0.05) is 5.02 Å². The van der Waals surface area contributed by atoms with E-state index >= 15 is 0 Å². The fourth-order valence-electron chi connectivity index (χ4n) is 3.14. The van der Waals surface area contributed by atoms with Gasteiger partial charge in [-0.3, -0.25) is 9.36 Å². The molecule has 4 nitrogen and oxygen atoms in total. The van der Waals surface area contributed by atoms with Crippen molar-refractivity contribution in [1.29, 1.82) is 0 Å². The van der Waals surface area contributed by atoms with Crippen molar-refractivity contribution in [1.82, 2.24) is 9.13 Å². The number of aryl methyl sites for hydroxylation is 2. The SMILES string of the molecule is Cc1ccc(Cn2c(=O)n(-c3ccc(Cl)cc3)c(=O)c3sccc32)cc1C. The molecule has 6 heteroatoms. The van der Waals surface area contributed by atoms with Crippen LogP contribution in [0.2, 0.25) is 5.02 Å². The third-order valence-electron chi connectivity index (χ3n) is 4.75. The van der Waals surface area contributed by atoms with E-state index in [0.29, 0.717) is 27.5 Å². The van der Waals surface area contributed by atoms with E-state index in [0.717, 1.165) is 5.56 Å². The van der Waals surface area contributed by atoms with Crippen LogP contribution in [0.3, 0.4) is 0 Å². The molecule has 0 aliphatic rings. The highest BCUT2D eigenvalue weighted by Crippen LogP contribution is 2.19. The number of hydrogen-bond donors (Lipinski definition) is 0. The molecular weight excluding hydrogens is 380 g/mol. The maximum absolute atomic E-state index is 13.2. The number of benzene rings is 2. The molecule has 0 unspecified atom stereocenters. The predicted octanol–water partition coefficient (Wildman–Crippen LogP) is 4.53. The molecule has 2 aromatic heterocycles. The first-order valence-electron chi connectivity index (χ1n) is 8.51. The molecule has 0 fully saturated rings. The number of rotatable bonds is 3. The van der Waals surface area contributed by atoms with Gasteiger partial charge in [0.2, 0.25) is 0 Å². The van der Waals surface area contributed by atoms with Crippen molar-refractivity contribution >= 4 is 33.2 Å². The van der Waals surface area contributed by atoms with E-state index in [9.17, 15) is 9.59 Å². The van der Waals surface area contributed by atoms with Crippen LogP contribution in [0, 0.1) is 13.8 Å². The Kier molecular flexibility index (Phi) is 4.50. The average Bonchev–Trinajstić information content (AvgIpc) is 3.13. The third kappa shape index (κ3) is 3.13. The summed E-state index contributed by atoms with van der Waals surface area (Å²) < 4.78 is 3.44. The van der Waals surface area contributed by atoms with Crippen LogP contribution in [0.5, 0.6) is 0 Å². The van der Waals surface area contributed by atoms with Crippen LogP contribution in [0.4, 0.5) is 0 Å². The molecule has 0 N–H and O–H groups in total. The van der Waals surface area contributed by atoms with Crippen LogP contribution < -0.4 is 11.2 Å². The van der Waals surface area contributed by atoms with Crippen LogP contribution in [0.1, 0.15) is 16.7 Å². The Bertz CT molecular complexity index is 1270. The zero-order valence-corrected chi connectivity index (χ0v) is 16.5. The molecule has 27 heavy (non-hydrogen) atoms. The van der Waals surface area contributed by atoms with Gasteiger partial charge in [-0.25, -0.2) is 9.36 Å². The Morgan fingerprint density at radius 3 is 2.41 bits per heavy atom. The lowest BCUT2D eigenvalue weighted by molar-refractivity contribution is 0.716. The van der Waals surface area contributed by atoms with Gasteiger partial charge in [0.15, 0.2) is 0 Å². The molecule has 0 bridgehead atoms. The summed E-state index contributed by atoms with van der Waals surface area (Å²) in [6.07, 6.45) is 0. The molecule has 0 atom stereocenters. The van der Waals surface area contributed by atoms with Crippen molar-refractivity contribution in [2.24, 2.45) is 0 Å². The molecule has 2 heterocycles. The van der Waals surface area contributed by atoms with Crippen LogP contribution in [-0.2, 0) is 6.54 Å². The summed E-state index contributed by atoms with van der Waals surface area (Å²) >= 11 is 7.30. The molecule has 0 saturated heterocycles. The number of hydrogen-bond acceptors (Lipinski definition) is 3. The summed E-state index contributed by atoms with van der Waals surface area (Å²) in [4.78, 5) is 26.2. The highest BCUT2D eigenvalue weighted by Gasteiger charge is 2.16. The van der Waals surface area contributed by atoms with E-state index < -0.39 is 0 Å². The third-order valence-corrected chi connectivity index (χ3v) is 5.90. The van der Waals surface area contributed by atoms with E-state index in [4.69, 9.17) is 11.6 Å². The maximum atomic E-state index is 13.2. The first-order chi connectivity index (χ1) is 13.0. The second kappa shape index (κ2) is 6.83. The Labute approximate surface area is 164 Å². The minimum absolute atomic E-state index is 0.302. The lowest BCUT2D eigenvalue weighted by Crippen LogP contribution is -2.38. The van der Waals surface area contributed by atoms with E-state index in [1.165, 1.54) is 27.0 Å². The second-order valence-electron chi connectivity index (χ2n) is 6.54. The Morgan fingerprint density at radius 1 is 0.963 bits per heavy atom. The summed E-state index contributed by atoms with van der Waals surface area (Å²) in [7, 11) is 0. The van der Waals surface area contributed by atoms with Gasteiger partial charge in [-0.2, -0.15) is 0 Å². The van der Waals surface area contributed by atoms with E-state index in [-0.39, 0.29) is 11.2 Å². The first-order valence-corrected chi connectivity index (χ1v) is 9.76. The van der Waals surface area contributed by atoms with Gasteiger partial charge < -0.3 is 0 Å². The Morgan fingerprint density at radius 2 is 1.70 bits per heavy atom. The Balaban J connectivity index is 1.96. The highest BCUT2D eigenvalue weighted by molar-refractivity contribution is 7.17. The molecule has 2 aromatic carbocycles. The number of nitrogens with zero attached hydrogens (tertiary/aromatic N) is 2. The van der Waals surface area contributed by atoms with Gasteiger partial charge in [-0.1, -0.05) is 29.8 Å². The van der Waals surface area contributed by atoms with Crippen LogP contribution in [0.15, 0.2) is 63.5 Å². The molecule has 136 valence electrons. The fraction of sp³-hybridized carbons (Fsp3) is 0.143. The van der Waals surface area contributed by atoms with Crippen LogP contribution >= 0.6 is 22.9 Å². The number of aromatic nitrogens is 2. The topological polar surface area (TPSA) is 44.0 Å². The molecule has 0 aliphatic heterocycles. The zero-order valence-electron chi connectivity index (χ0n) is 14.9. The van der Waals surface area contributed by atoms with Crippen molar-refractivity contribution in [3.63, 3.8) is 0 Å². The zero-order chi connectivity index (χ0) is 19.1. The summed E-state index contributed by atoms with van der Waals surface area (Å²) in [5, 5.41) is 2.40. The maximum Gasteiger partial charge on any atom is 0.336 e. The van der Waals surface area contributed by atoms with Gasteiger partial charge in [-0.05, 0) is 66.2 Å².